The molecule has 2 atom stereocenters. The number of rotatable bonds is 3. The van der Waals surface area contributed by atoms with E-state index in [9.17, 15) is 14.0 Å². The molecule has 1 aliphatic rings. The zero-order chi connectivity index (χ0) is 11.5. The average molecular weight is 223 g/mol. The van der Waals surface area contributed by atoms with Gasteiger partial charge in [-0.1, -0.05) is 12.1 Å². The van der Waals surface area contributed by atoms with Crippen molar-refractivity contribution in [3.8, 4) is 0 Å². The first-order valence-electron chi connectivity index (χ1n) is 4.82. The maximum absolute atomic E-state index is 12.7. The van der Waals surface area contributed by atoms with Gasteiger partial charge in [0, 0.05) is 0 Å². The Kier molecular flexibility index (Phi) is 3.07. The van der Waals surface area contributed by atoms with E-state index in [1.807, 2.05) is 0 Å². The molecular weight excluding hydrogens is 213 g/mol. The number of halogens is 1. The van der Waals surface area contributed by atoms with Crippen molar-refractivity contribution in [2.24, 2.45) is 0 Å². The summed E-state index contributed by atoms with van der Waals surface area (Å²) in [6.07, 6.45) is -0.572. The number of Topliss-reactive ketones (excluding diaryl/α,β-unsaturated/α-hetero) is 1. The largest absolute Gasteiger partial charge is 0.353 e. The van der Waals surface area contributed by atoms with E-state index in [-0.39, 0.29) is 18.8 Å². The monoisotopic (exact) mass is 223 g/mol. The molecule has 1 saturated heterocycles. The lowest BCUT2D eigenvalue weighted by Gasteiger charge is -2.14. The van der Waals surface area contributed by atoms with Gasteiger partial charge >= 0.3 is 0 Å². The third kappa shape index (κ3) is 2.00. The maximum Gasteiger partial charge on any atom is 0.225 e. The number of aldehydes is 1. The number of carbonyl (C=O) groups excluding carboxylic acids is 2. The molecular formula is C11H10FNO3. The molecule has 2 rings (SSSR count). The lowest BCUT2D eigenvalue weighted by Crippen LogP contribution is -2.29. The second-order valence-electron chi connectivity index (χ2n) is 3.49. The Hall–Kier alpha value is -1.59. The summed E-state index contributed by atoms with van der Waals surface area (Å²) in [4.78, 5) is 21.7. The molecule has 1 heterocycles. The van der Waals surface area contributed by atoms with E-state index in [4.69, 9.17) is 4.74 Å². The summed E-state index contributed by atoms with van der Waals surface area (Å²) in [5.74, 6) is -0.958. The van der Waals surface area contributed by atoms with Gasteiger partial charge in [-0.15, -0.1) is 0 Å². The third-order valence-corrected chi connectivity index (χ3v) is 2.49. The van der Waals surface area contributed by atoms with Gasteiger partial charge in [0.1, 0.15) is 11.9 Å². The van der Waals surface area contributed by atoms with E-state index in [0.717, 1.165) is 5.56 Å². The highest BCUT2D eigenvalue weighted by atomic mass is 19.1. The quantitative estimate of drug-likeness (QED) is 0.601. The van der Waals surface area contributed by atoms with Crippen LogP contribution in [0.4, 0.5) is 4.39 Å². The van der Waals surface area contributed by atoms with Crippen LogP contribution in [0.1, 0.15) is 11.6 Å². The summed E-state index contributed by atoms with van der Waals surface area (Å²) in [7, 11) is 0. The number of ketones is 1. The number of benzene rings is 1. The van der Waals surface area contributed by atoms with Crippen molar-refractivity contribution in [3.05, 3.63) is 35.6 Å². The summed E-state index contributed by atoms with van der Waals surface area (Å²) < 4.78 is 17.8. The molecule has 1 N–H and O–H groups in total. The van der Waals surface area contributed by atoms with Crippen LogP contribution < -0.4 is 5.32 Å². The molecule has 1 aliphatic heterocycles. The fraction of sp³-hybridized carbons (Fsp3) is 0.273. The zero-order valence-electron chi connectivity index (χ0n) is 8.35. The van der Waals surface area contributed by atoms with Crippen LogP contribution >= 0.6 is 0 Å². The lowest BCUT2D eigenvalue weighted by atomic mass is 10.00. The van der Waals surface area contributed by atoms with Gasteiger partial charge in [0.25, 0.3) is 0 Å². The van der Waals surface area contributed by atoms with Gasteiger partial charge in [0.2, 0.25) is 5.78 Å². The molecule has 84 valence electrons. The molecule has 0 spiro atoms. The standard InChI is InChI=1S/C11H10FNO3/c12-8-3-1-7(2-4-8)10-11(9(15)5-14)16-6-13-10/h1-5,10-11,13H,6H2. The Morgan fingerprint density at radius 3 is 2.75 bits per heavy atom. The van der Waals surface area contributed by atoms with E-state index in [0.29, 0.717) is 0 Å². The first-order valence-corrected chi connectivity index (χ1v) is 4.82. The van der Waals surface area contributed by atoms with Gasteiger partial charge in [0.05, 0.1) is 12.8 Å². The van der Waals surface area contributed by atoms with Crippen molar-refractivity contribution in [1.29, 1.82) is 0 Å². The number of carbonyl (C=O) groups is 2. The predicted octanol–water partition coefficient (Wildman–Crippen LogP) is 0.581. The van der Waals surface area contributed by atoms with Crippen LogP contribution in [0, 0.1) is 5.82 Å². The highest BCUT2D eigenvalue weighted by molar-refractivity contribution is 6.27. The predicted molar refractivity (Wildman–Crippen MR) is 53.1 cm³/mol. The van der Waals surface area contributed by atoms with Crippen LogP contribution in [0.2, 0.25) is 0 Å². The molecule has 0 bridgehead atoms. The molecule has 1 fully saturated rings. The number of hydrogen-bond donors (Lipinski definition) is 1. The van der Waals surface area contributed by atoms with Gasteiger partial charge in [-0.25, -0.2) is 4.39 Å². The van der Waals surface area contributed by atoms with E-state index in [1.165, 1.54) is 12.1 Å². The average Bonchev–Trinajstić information content (AvgIpc) is 2.78. The minimum atomic E-state index is -0.817. The minimum Gasteiger partial charge on any atom is -0.353 e. The Labute approximate surface area is 91.4 Å². The molecule has 0 amide bonds. The van der Waals surface area contributed by atoms with E-state index >= 15 is 0 Å². The van der Waals surface area contributed by atoms with Crippen molar-refractivity contribution < 1.29 is 18.7 Å². The van der Waals surface area contributed by atoms with Crippen LogP contribution in [0.15, 0.2) is 24.3 Å². The molecule has 0 aliphatic carbocycles. The highest BCUT2D eigenvalue weighted by Gasteiger charge is 2.34. The van der Waals surface area contributed by atoms with Gasteiger partial charge in [-0.05, 0) is 17.7 Å². The van der Waals surface area contributed by atoms with Gasteiger partial charge in [0.15, 0.2) is 6.29 Å². The van der Waals surface area contributed by atoms with Crippen molar-refractivity contribution in [2.45, 2.75) is 12.1 Å². The van der Waals surface area contributed by atoms with Crippen LogP contribution in [0.3, 0.4) is 0 Å². The van der Waals surface area contributed by atoms with Crippen LogP contribution in [0.25, 0.3) is 0 Å². The Balaban J connectivity index is 2.22. The molecule has 0 radical (unpaired) electrons. The Bertz CT molecular complexity index is 404. The normalized spacial score (nSPS) is 24.3. The second kappa shape index (κ2) is 4.51. The first kappa shape index (κ1) is 10.9. The first-order chi connectivity index (χ1) is 7.72. The topological polar surface area (TPSA) is 55.4 Å². The van der Waals surface area contributed by atoms with Gasteiger partial charge < -0.3 is 4.74 Å². The maximum atomic E-state index is 12.7. The number of hydrogen-bond acceptors (Lipinski definition) is 4. The van der Waals surface area contributed by atoms with Crippen LogP contribution in [-0.2, 0) is 14.3 Å². The van der Waals surface area contributed by atoms with Crippen molar-refractivity contribution in [1.82, 2.24) is 5.32 Å². The lowest BCUT2D eigenvalue weighted by molar-refractivity contribution is -0.136. The Morgan fingerprint density at radius 1 is 1.44 bits per heavy atom. The third-order valence-electron chi connectivity index (χ3n) is 2.49. The smallest absolute Gasteiger partial charge is 0.225 e. The van der Waals surface area contributed by atoms with Gasteiger partial charge in [-0.2, -0.15) is 0 Å². The molecule has 2 unspecified atom stereocenters. The molecule has 0 saturated carbocycles. The summed E-state index contributed by atoms with van der Waals surface area (Å²) in [5, 5.41) is 2.93. The SMILES string of the molecule is O=CC(=O)C1OCNC1c1ccc(F)cc1. The fourth-order valence-electron chi connectivity index (χ4n) is 1.71. The van der Waals surface area contributed by atoms with Crippen molar-refractivity contribution in [2.75, 3.05) is 6.73 Å². The van der Waals surface area contributed by atoms with Crippen molar-refractivity contribution in [3.63, 3.8) is 0 Å². The summed E-state index contributed by atoms with van der Waals surface area (Å²) in [6, 6.07) is 5.34. The van der Waals surface area contributed by atoms with Crippen LogP contribution in [0.5, 0.6) is 0 Å². The molecule has 1 aromatic carbocycles. The number of ether oxygens (including phenoxy) is 1. The Morgan fingerprint density at radius 2 is 2.12 bits per heavy atom. The second-order valence-corrected chi connectivity index (χ2v) is 3.49. The van der Waals surface area contributed by atoms with Crippen molar-refractivity contribution >= 4 is 12.1 Å². The molecule has 5 heteroatoms. The molecule has 16 heavy (non-hydrogen) atoms. The summed E-state index contributed by atoms with van der Waals surface area (Å²) in [5.41, 5.74) is 0.721. The number of nitrogens with one attached hydrogen (secondary N) is 1. The van der Waals surface area contributed by atoms with Crippen LogP contribution in [-0.4, -0.2) is 24.9 Å². The van der Waals surface area contributed by atoms with E-state index in [1.54, 1.807) is 12.1 Å². The van der Waals surface area contributed by atoms with E-state index in [2.05, 4.69) is 5.32 Å². The van der Waals surface area contributed by atoms with E-state index < -0.39 is 17.9 Å². The van der Waals surface area contributed by atoms with Gasteiger partial charge in [-0.3, -0.25) is 14.9 Å². The fourth-order valence-corrected chi connectivity index (χ4v) is 1.71. The highest BCUT2D eigenvalue weighted by Crippen LogP contribution is 2.24. The molecule has 4 nitrogen and oxygen atoms in total. The minimum absolute atomic E-state index is 0.201. The molecule has 1 aromatic rings. The summed E-state index contributed by atoms with van der Waals surface area (Å²) in [6.45, 7) is 0.201. The molecule has 0 aromatic heterocycles. The zero-order valence-corrected chi connectivity index (χ0v) is 8.35. The summed E-state index contributed by atoms with van der Waals surface area (Å²) >= 11 is 0.